The molecule has 0 fully saturated rings. The van der Waals surface area contributed by atoms with Crippen LogP contribution in [0.2, 0.25) is 10.0 Å². The Morgan fingerprint density at radius 1 is 0.944 bits per heavy atom. The maximum Gasteiger partial charge on any atom is 0.188 e. The first-order chi connectivity index (χ1) is 8.74. The van der Waals surface area contributed by atoms with Crippen LogP contribution in [-0.2, 0) is 0 Å². The summed E-state index contributed by atoms with van der Waals surface area (Å²) in [6.45, 7) is 0. The van der Waals surface area contributed by atoms with Crippen LogP contribution in [0.3, 0.4) is 0 Å². The first kappa shape index (κ1) is 11.8. The third kappa shape index (κ3) is 2.17. The second-order valence-electron chi connectivity index (χ2n) is 3.71. The summed E-state index contributed by atoms with van der Waals surface area (Å²) in [6.07, 6.45) is 0. The molecule has 3 aromatic rings. The minimum Gasteiger partial charge on any atom is -0.330 e. The number of hydrogen-bond donors (Lipinski definition) is 1. The molecule has 0 saturated heterocycles. The van der Waals surface area contributed by atoms with Gasteiger partial charge in [-0.05, 0) is 24.3 Å². The molecule has 0 amide bonds. The highest BCUT2D eigenvalue weighted by atomic mass is 35.5. The molecule has 2 nitrogen and oxygen atoms in total. The quantitative estimate of drug-likeness (QED) is 0.689. The molecule has 0 atom stereocenters. The van der Waals surface area contributed by atoms with Gasteiger partial charge in [0.05, 0.1) is 20.4 Å². The third-order valence-electron chi connectivity index (χ3n) is 2.49. The van der Waals surface area contributed by atoms with Crippen LogP contribution in [0.25, 0.3) is 10.2 Å². The minimum atomic E-state index is 0.663. The predicted octanol–water partition coefficient (Wildman–Crippen LogP) is 5.35. The first-order valence-corrected chi connectivity index (χ1v) is 6.88. The van der Waals surface area contributed by atoms with E-state index in [-0.39, 0.29) is 0 Å². The molecule has 18 heavy (non-hydrogen) atoms. The molecular formula is C13H8Cl2N2S. The summed E-state index contributed by atoms with van der Waals surface area (Å²) < 4.78 is 1.05. The second-order valence-corrected chi connectivity index (χ2v) is 5.56. The predicted molar refractivity (Wildman–Crippen MR) is 79.4 cm³/mol. The van der Waals surface area contributed by atoms with E-state index in [0.29, 0.717) is 10.0 Å². The SMILES string of the molecule is Clc1ccccc1Nc1nc2c(Cl)cccc2s1. The lowest BCUT2D eigenvalue weighted by Crippen LogP contribution is -1.89. The van der Waals surface area contributed by atoms with Crippen LogP contribution >= 0.6 is 34.5 Å². The fourth-order valence-corrected chi connectivity index (χ4v) is 3.01. The normalized spacial score (nSPS) is 10.8. The van der Waals surface area contributed by atoms with Gasteiger partial charge >= 0.3 is 0 Å². The Balaban J connectivity index is 2.01. The Hall–Kier alpha value is -1.29. The van der Waals surface area contributed by atoms with Gasteiger partial charge in [0.1, 0.15) is 5.52 Å². The molecule has 1 N–H and O–H groups in total. The molecule has 0 aliphatic rings. The summed E-state index contributed by atoms with van der Waals surface area (Å²) in [5.41, 5.74) is 1.66. The van der Waals surface area contributed by atoms with Gasteiger partial charge in [0.2, 0.25) is 0 Å². The van der Waals surface area contributed by atoms with Gasteiger partial charge in [-0.1, -0.05) is 52.7 Å². The van der Waals surface area contributed by atoms with Crippen LogP contribution in [0.5, 0.6) is 0 Å². The number of hydrogen-bond acceptors (Lipinski definition) is 3. The zero-order valence-corrected chi connectivity index (χ0v) is 11.5. The van der Waals surface area contributed by atoms with Gasteiger partial charge in [0.15, 0.2) is 5.13 Å². The number of anilines is 2. The molecule has 0 unspecified atom stereocenters. The molecule has 2 aromatic carbocycles. The summed E-state index contributed by atoms with van der Waals surface area (Å²) in [5, 5.41) is 5.32. The van der Waals surface area contributed by atoms with E-state index in [2.05, 4.69) is 10.3 Å². The van der Waals surface area contributed by atoms with Crippen molar-refractivity contribution in [2.24, 2.45) is 0 Å². The maximum atomic E-state index is 6.09. The Morgan fingerprint density at radius 3 is 2.50 bits per heavy atom. The van der Waals surface area contributed by atoms with E-state index in [0.717, 1.165) is 21.0 Å². The summed E-state index contributed by atoms with van der Waals surface area (Å²) in [7, 11) is 0. The molecule has 0 spiro atoms. The van der Waals surface area contributed by atoms with Crippen molar-refractivity contribution in [1.29, 1.82) is 0 Å². The number of rotatable bonds is 2. The smallest absolute Gasteiger partial charge is 0.188 e. The van der Waals surface area contributed by atoms with Gasteiger partial charge in [-0.3, -0.25) is 0 Å². The van der Waals surface area contributed by atoms with Crippen molar-refractivity contribution in [3.8, 4) is 0 Å². The molecule has 5 heteroatoms. The standard InChI is InChI=1S/C13H8Cl2N2S/c14-8-4-1-2-6-10(8)16-13-17-12-9(15)5-3-7-11(12)18-13/h1-7H,(H,16,17). The highest BCUT2D eigenvalue weighted by Crippen LogP contribution is 2.33. The largest absolute Gasteiger partial charge is 0.330 e. The minimum absolute atomic E-state index is 0.663. The summed E-state index contributed by atoms with van der Waals surface area (Å²) in [4.78, 5) is 4.47. The number of nitrogens with zero attached hydrogens (tertiary/aromatic N) is 1. The Morgan fingerprint density at radius 2 is 1.72 bits per heavy atom. The van der Waals surface area contributed by atoms with E-state index in [1.54, 1.807) is 11.3 Å². The number of benzene rings is 2. The first-order valence-electron chi connectivity index (χ1n) is 5.30. The fraction of sp³-hybridized carbons (Fsp3) is 0. The molecule has 1 heterocycles. The third-order valence-corrected chi connectivity index (χ3v) is 4.06. The van der Waals surface area contributed by atoms with Crippen LogP contribution in [0.1, 0.15) is 0 Å². The highest BCUT2D eigenvalue weighted by molar-refractivity contribution is 7.22. The maximum absolute atomic E-state index is 6.09. The molecule has 0 radical (unpaired) electrons. The van der Waals surface area contributed by atoms with Crippen LogP contribution in [0.4, 0.5) is 10.8 Å². The van der Waals surface area contributed by atoms with Crippen LogP contribution in [-0.4, -0.2) is 4.98 Å². The summed E-state index contributed by atoms with van der Waals surface area (Å²) >= 11 is 13.7. The molecule has 0 saturated carbocycles. The van der Waals surface area contributed by atoms with Crippen LogP contribution in [0, 0.1) is 0 Å². The Labute approximate surface area is 118 Å². The molecule has 90 valence electrons. The van der Waals surface area contributed by atoms with Gasteiger partial charge in [0.25, 0.3) is 0 Å². The lowest BCUT2D eigenvalue weighted by molar-refractivity contribution is 1.44. The summed E-state index contributed by atoms with van der Waals surface area (Å²) in [5.74, 6) is 0. The monoisotopic (exact) mass is 294 g/mol. The van der Waals surface area contributed by atoms with Gasteiger partial charge in [-0.15, -0.1) is 0 Å². The zero-order valence-electron chi connectivity index (χ0n) is 9.15. The van der Waals surface area contributed by atoms with Crippen molar-refractivity contribution in [3.63, 3.8) is 0 Å². The van der Waals surface area contributed by atoms with Crippen LogP contribution < -0.4 is 5.32 Å². The van der Waals surface area contributed by atoms with Crippen molar-refractivity contribution in [2.75, 3.05) is 5.32 Å². The number of halogens is 2. The van der Waals surface area contributed by atoms with E-state index in [1.807, 2.05) is 42.5 Å². The average molecular weight is 295 g/mol. The molecule has 0 aliphatic heterocycles. The number of fused-ring (bicyclic) bond motifs is 1. The lowest BCUT2D eigenvalue weighted by atomic mass is 10.3. The molecule has 3 rings (SSSR count). The van der Waals surface area contributed by atoms with Crippen molar-refractivity contribution >= 4 is 55.6 Å². The summed E-state index contributed by atoms with van der Waals surface area (Å²) in [6, 6.07) is 13.3. The van der Waals surface area contributed by atoms with Gasteiger partial charge in [0, 0.05) is 0 Å². The molecule has 1 aromatic heterocycles. The Bertz CT molecular complexity index is 709. The van der Waals surface area contributed by atoms with E-state index < -0.39 is 0 Å². The number of para-hydroxylation sites is 2. The number of aromatic nitrogens is 1. The van der Waals surface area contributed by atoms with Crippen molar-refractivity contribution in [1.82, 2.24) is 4.98 Å². The van der Waals surface area contributed by atoms with Crippen molar-refractivity contribution in [2.45, 2.75) is 0 Å². The van der Waals surface area contributed by atoms with Crippen molar-refractivity contribution < 1.29 is 0 Å². The lowest BCUT2D eigenvalue weighted by Gasteiger charge is -2.03. The molecular weight excluding hydrogens is 287 g/mol. The zero-order chi connectivity index (χ0) is 12.5. The molecule has 0 aliphatic carbocycles. The highest BCUT2D eigenvalue weighted by Gasteiger charge is 2.07. The Kier molecular flexibility index (Phi) is 3.12. The van der Waals surface area contributed by atoms with Gasteiger partial charge in [-0.25, -0.2) is 4.98 Å². The van der Waals surface area contributed by atoms with E-state index in [1.165, 1.54) is 0 Å². The fourth-order valence-electron chi connectivity index (χ4n) is 1.65. The topological polar surface area (TPSA) is 24.9 Å². The molecule has 0 bridgehead atoms. The van der Waals surface area contributed by atoms with Crippen LogP contribution in [0.15, 0.2) is 42.5 Å². The van der Waals surface area contributed by atoms with E-state index in [4.69, 9.17) is 23.2 Å². The van der Waals surface area contributed by atoms with E-state index in [9.17, 15) is 0 Å². The number of nitrogens with one attached hydrogen (secondary N) is 1. The second kappa shape index (κ2) is 4.76. The van der Waals surface area contributed by atoms with Gasteiger partial charge < -0.3 is 5.32 Å². The van der Waals surface area contributed by atoms with Gasteiger partial charge in [-0.2, -0.15) is 0 Å². The number of thiazole rings is 1. The average Bonchev–Trinajstić information content (AvgIpc) is 2.76. The van der Waals surface area contributed by atoms with E-state index >= 15 is 0 Å². The van der Waals surface area contributed by atoms with Crippen molar-refractivity contribution in [3.05, 3.63) is 52.5 Å².